The van der Waals surface area contributed by atoms with Gasteiger partial charge in [0.1, 0.15) is 0 Å². The monoisotopic (exact) mass is 285 g/mol. The number of fused-ring (bicyclic) bond motifs is 1. The van der Waals surface area contributed by atoms with Gasteiger partial charge >= 0.3 is 0 Å². The molecule has 0 unspecified atom stereocenters. The van der Waals surface area contributed by atoms with E-state index in [1.807, 2.05) is 42.5 Å². The lowest BCUT2D eigenvalue weighted by atomic mass is 9.97. The van der Waals surface area contributed by atoms with Crippen molar-refractivity contribution in [3.05, 3.63) is 64.2 Å². The summed E-state index contributed by atoms with van der Waals surface area (Å²) in [5.41, 5.74) is 4.20. The van der Waals surface area contributed by atoms with Gasteiger partial charge in [-0.15, -0.1) is 0 Å². The predicted molar refractivity (Wildman–Crippen MR) is 82.7 cm³/mol. The van der Waals surface area contributed by atoms with Crippen LogP contribution in [0.2, 0.25) is 5.02 Å². The number of halogens is 1. The molecule has 0 radical (unpaired) electrons. The van der Waals surface area contributed by atoms with Crippen LogP contribution < -0.4 is 5.32 Å². The molecule has 102 valence electrons. The number of hydrogen-bond donors (Lipinski definition) is 1. The zero-order valence-electron chi connectivity index (χ0n) is 11.2. The third-order valence-electron chi connectivity index (χ3n) is 3.64. The van der Waals surface area contributed by atoms with E-state index in [-0.39, 0.29) is 5.78 Å². The van der Waals surface area contributed by atoms with Gasteiger partial charge in [-0.2, -0.15) is 0 Å². The number of carbonyl (C=O) groups excluding carboxylic acids is 1. The molecular weight excluding hydrogens is 270 g/mol. The van der Waals surface area contributed by atoms with Crippen LogP contribution >= 0.6 is 11.6 Å². The Morgan fingerprint density at radius 3 is 2.75 bits per heavy atom. The largest absolute Gasteiger partial charge is 0.385 e. The lowest BCUT2D eigenvalue weighted by Crippen LogP contribution is -2.13. The molecule has 0 atom stereocenters. The van der Waals surface area contributed by atoms with Crippen molar-refractivity contribution in [1.82, 2.24) is 0 Å². The first kappa shape index (κ1) is 13.2. The van der Waals surface area contributed by atoms with Gasteiger partial charge in [0, 0.05) is 29.2 Å². The summed E-state index contributed by atoms with van der Waals surface area (Å²) in [4.78, 5) is 12.3. The van der Waals surface area contributed by atoms with Crippen LogP contribution in [0, 0.1) is 0 Å². The van der Waals surface area contributed by atoms with E-state index in [1.54, 1.807) is 0 Å². The molecule has 0 saturated heterocycles. The first-order valence-electron chi connectivity index (χ1n) is 6.87. The number of anilines is 1. The summed E-state index contributed by atoms with van der Waals surface area (Å²) in [5.74, 6) is 0.153. The maximum Gasteiger partial charge on any atom is 0.167 e. The SMILES string of the molecule is O=C(Cc1ccc(Cl)cc1)c1ccc2c(c1)CCCN2. The lowest BCUT2D eigenvalue weighted by molar-refractivity contribution is 0.0993. The Labute approximate surface area is 123 Å². The molecule has 0 aromatic heterocycles. The number of nitrogens with one attached hydrogen (secondary N) is 1. The molecule has 3 heteroatoms. The maximum atomic E-state index is 12.3. The van der Waals surface area contributed by atoms with Gasteiger partial charge in [-0.1, -0.05) is 23.7 Å². The second kappa shape index (κ2) is 5.68. The van der Waals surface area contributed by atoms with Crippen molar-refractivity contribution in [2.24, 2.45) is 0 Å². The van der Waals surface area contributed by atoms with Gasteiger partial charge in [0.15, 0.2) is 5.78 Å². The van der Waals surface area contributed by atoms with Crippen LogP contribution in [-0.2, 0) is 12.8 Å². The quantitative estimate of drug-likeness (QED) is 0.860. The van der Waals surface area contributed by atoms with Crippen LogP contribution in [0.15, 0.2) is 42.5 Å². The fourth-order valence-corrected chi connectivity index (χ4v) is 2.66. The van der Waals surface area contributed by atoms with Crippen molar-refractivity contribution in [2.75, 3.05) is 11.9 Å². The second-order valence-electron chi connectivity index (χ2n) is 5.13. The summed E-state index contributed by atoms with van der Waals surface area (Å²) in [6.45, 7) is 1.02. The molecule has 3 rings (SSSR count). The summed E-state index contributed by atoms with van der Waals surface area (Å²) in [5, 5.41) is 4.05. The molecular formula is C17H16ClNO. The molecule has 0 amide bonds. The second-order valence-corrected chi connectivity index (χ2v) is 5.57. The van der Waals surface area contributed by atoms with Crippen LogP contribution in [0.4, 0.5) is 5.69 Å². The smallest absolute Gasteiger partial charge is 0.167 e. The van der Waals surface area contributed by atoms with Gasteiger partial charge in [-0.3, -0.25) is 4.79 Å². The number of carbonyl (C=O) groups is 1. The van der Waals surface area contributed by atoms with E-state index in [0.717, 1.165) is 30.5 Å². The Kier molecular flexibility index (Phi) is 3.75. The summed E-state index contributed by atoms with van der Waals surface area (Å²) < 4.78 is 0. The molecule has 0 bridgehead atoms. The van der Waals surface area contributed by atoms with Gasteiger partial charge < -0.3 is 5.32 Å². The van der Waals surface area contributed by atoms with Gasteiger partial charge in [0.05, 0.1) is 0 Å². The van der Waals surface area contributed by atoms with Gasteiger partial charge in [0.25, 0.3) is 0 Å². The molecule has 0 aliphatic carbocycles. The number of rotatable bonds is 3. The Balaban J connectivity index is 1.78. The molecule has 1 heterocycles. The van der Waals surface area contributed by atoms with Crippen LogP contribution in [0.5, 0.6) is 0 Å². The molecule has 1 N–H and O–H groups in total. The van der Waals surface area contributed by atoms with E-state index in [2.05, 4.69) is 5.32 Å². The number of hydrogen-bond acceptors (Lipinski definition) is 2. The topological polar surface area (TPSA) is 29.1 Å². The van der Waals surface area contributed by atoms with E-state index in [1.165, 1.54) is 11.3 Å². The molecule has 0 spiro atoms. The minimum atomic E-state index is 0.153. The molecule has 0 saturated carbocycles. The minimum Gasteiger partial charge on any atom is -0.385 e. The third kappa shape index (κ3) is 2.86. The summed E-state index contributed by atoms with van der Waals surface area (Å²) in [7, 11) is 0. The van der Waals surface area contributed by atoms with E-state index < -0.39 is 0 Å². The van der Waals surface area contributed by atoms with Crippen molar-refractivity contribution in [3.63, 3.8) is 0 Å². The van der Waals surface area contributed by atoms with E-state index in [9.17, 15) is 4.79 Å². The fourth-order valence-electron chi connectivity index (χ4n) is 2.54. The van der Waals surface area contributed by atoms with Crippen molar-refractivity contribution in [1.29, 1.82) is 0 Å². The van der Waals surface area contributed by atoms with E-state index >= 15 is 0 Å². The van der Waals surface area contributed by atoms with Crippen LogP contribution in [0.25, 0.3) is 0 Å². The average molecular weight is 286 g/mol. The van der Waals surface area contributed by atoms with Crippen LogP contribution in [0.1, 0.15) is 27.9 Å². The summed E-state index contributed by atoms with van der Waals surface area (Å²) in [6.07, 6.45) is 2.59. The lowest BCUT2D eigenvalue weighted by Gasteiger charge is -2.18. The van der Waals surface area contributed by atoms with Crippen molar-refractivity contribution in [2.45, 2.75) is 19.3 Å². The number of Topliss-reactive ketones (excluding diaryl/α,β-unsaturated/α-hetero) is 1. The average Bonchev–Trinajstić information content (AvgIpc) is 2.49. The molecule has 2 aromatic carbocycles. The van der Waals surface area contributed by atoms with Crippen LogP contribution in [-0.4, -0.2) is 12.3 Å². The number of ketones is 1. The third-order valence-corrected chi connectivity index (χ3v) is 3.90. The molecule has 2 nitrogen and oxygen atoms in total. The number of benzene rings is 2. The first-order valence-corrected chi connectivity index (χ1v) is 7.24. The summed E-state index contributed by atoms with van der Waals surface area (Å²) >= 11 is 5.85. The Bertz CT molecular complexity index is 634. The van der Waals surface area contributed by atoms with Crippen LogP contribution in [0.3, 0.4) is 0 Å². The Morgan fingerprint density at radius 1 is 1.15 bits per heavy atom. The maximum absolute atomic E-state index is 12.3. The van der Waals surface area contributed by atoms with E-state index in [4.69, 9.17) is 11.6 Å². The predicted octanol–water partition coefficient (Wildman–Crippen LogP) is 4.12. The van der Waals surface area contributed by atoms with E-state index in [0.29, 0.717) is 11.4 Å². The standard InChI is InChI=1S/C17H16ClNO/c18-15-6-3-12(4-7-15)10-17(20)14-5-8-16-13(11-14)2-1-9-19-16/h3-8,11,19H,1-2,9-10H2. The highest BCUT2D eigenvalue weighted by molar-refractivity contribution is 6.30. The normalized spacial score (nSPS) is 13.4. The molecule has 2 aromatic rings. The molecule has 20 heavy (non-hydrogen) atoms. The summed E-state index contributed by atoms with van der Waals surface area (Å²) in [6, 6.07) is 13.4. The first-order chi connectivity index (χ1) is 9.72. The fraction of sp³-hybridized carbons (Fsp3) is 0.235. The van der Waals surface area contributed by atoms with Crippen molar-refractivity contribution < 1.29 is 4.79 Å². The van der Waals surface area contributed by atoms with Crippen molar-refractivity contribution in [3.8, 4) is 0 Å². The zero-order chi connectivity index (χ0) is 13.9. The number of aryl methyl sites for hydroxylation is 1. The Hall–Kier alpha value is -1.80. The molecule has 1 aliphatic rings. The highest BCUT2D eigenvalue weighted by Crippen LogP contribution is 2.23. The molecule has 0 fully saturated rings. The zero-order valence-corrected chi connectivity index (χ0v) is 11.9. The minimum absolute atomic E-state index is 0.153. The van der Waals surface area contributed by atoms with Crippen molar-refractivity contribution >= 4 is 23.1 Å². The van der Waals surface area contributed by atoms with Gasteiger partial charge in [0.2, 0.25) is 0 Å². The Morgan fingerprint density at radius 2 is 1.95 bits per heavy atom. The highest BCUT2D eigenvalue weighted by atomic mass is 35.5. The highest BCUT2D eigenvalue weighted by Gasteiger charge is 2.12. The molecule has 1 aliphatic heterocycles. The van der Waals surface area contributed by atoms with Gasteiger partial charge in [-0.25, -0.2) is 0 Å². The van der Waals surface area contributed by atoms with Gasteiger partial charge in [-0.05, 0) is 54.3 Å².